The number of aromatic nitrogens is 2. The van der Waals surface area contributed by atoms with Crippen LogP contribution in [0.3, 0.4) is 0 Å². The maximum atomic E-state index is 13.4. The van der Waals surface area contributed by atoms with Gasteiger partial charge in [-0.15, -0.1) is 0 Å². The number of halogens is 2. The van der Waals surface area contributed by atoms with Gasteiger partial charge in [-0.05, 0) is 12.1 Å². The van der Waals surface area contributed by atoms with E-state index >= 15 is 0 Å². The van der Waals surface area contributed by atoms with Crippen LogP contribution in [0, 0.1) is 11.6 Å². The first-order chi connectivity index (χ1) is 8.61. The van der Waals surface area contributed by atoms with Gasteiger partial charge in [0.25, 0.3) is 0 Å². The zero-order valence-electron chi connectivity index (χ0n) is 9.56. The molecule has 1 aromatic heterocycles. The third-order valence-electron chi connectivity index (χ3n) is 2.45. The highest BCUT2D eigenvalue weighted by atomic mass is 19.1. The van der Waals surface area contributed by atoms with Gasteiger partial charge in [-0.25, -0.2) is 13.6 Å². The van der Waals surface area contributed by atoms with E-state index in [2.05, 4.69) is 4.98 Å². The molecule has 0 unspecified atom stereocenters. The highest BCUT2D eigenvalue weighted by Gasteiger charge is 2.10. The summed E-state index contributed by atoms with van der Waals surface area (Å²) >= 11 is 0. The van der Waals surface area contributed by atoms with Gasteiger partial charge in [0.05, 0.1) is 13.7 Å². The molecule has 1 aromatic carbocycles. The van der Waals surface area contributed by atoms with Crippen LogP contribution in [-0.2, 0) is 6.54 Å². The minimum absolute atomic E-state index is 0.158. The summed E-state index contributed by atoms with van der Waals surface area (Å²) in [5.41, 5.74) is -0.802. The van der Waals surface area contributed by atoms with Crippen LogP contribution in [0.4, 0.5) is 8.78 Å². The summed E-state index contributed by atoms with van der Waals surface area (Å²) in [6.07, 6.45) is 1.38. The van der Waals surface area contributed by atoms with Crippen LogP contribution in [0.2, 0.25) is 0 Å². The largest absolute Gasteiger partial charge is 0.481 e. The summed E-state index contributed by atoms with van der Waals surface area (Å²) in [6, 6.07) is 4.99. The van der Waals surface area contributed by atoms with Gasteiger partial charge in [0.2, 0.25) is 5.88 Å². The molecule has 0 aliphatic rings. The maximum Gasteiger partial charge on any atom is 0.351 e. The minimum atomic E-state index is -0.697. The molecule has 0 radical (unpaired) electrons. The Kier molecular flexibility index (Phi) is 3.36. The maximum absolute atomic E-state index is 13.4. The molecule has 0 aliphatic carbocycles. The number of ether oxygens (including phenoxy) is 1. The van der Waals surface area contributed by atoms with Gasteiger partial charge >= 0.3 is 5.69 Å². The van der Waals surface area contributed by atoms with Crippen molar-refractivity contribution >= 4 is 0 Å². The molecule has 1 heterocycles. The quantitative estimate of drug-likeness (QED) is 0.833. The van der Waals surface area contributed by atoms with Gasteiger partial charge in [-0.2, -0.15) is 4.98 Å². The molecule has 0 bridgehead atoms. The molecule has 0 amide bonds. The Morgan fingerprint density at radius 1 is 1.28 bits per heavy atom. The predicted molar refractivity (Wildman–Crippen MR) is 60.5 cm³/mol. The number of methoxy groups -OCH3 is 1. The van der Waals surface area contributed by atoms with E-state index < -0.39 is 17.3 Å². The highest BCUT2D eigenvalue weighted by Crippen LogP contribution is 2.13. The number of hydrogen-bond donors (Lipinski definition) is 0. The van der Waals surface area contributed by atoms with Gasteiger partial charge in [-0.3, -0.25) is 4.57 Å². The fourth-order valence-electron chi connectivity index (χ4n) is 1.50. The van der Waals surface area contributed by atoms with Crippen LogP contribution >= 0.6 is 0 Å². The van der Waals surface area contributed by atoms with E-state index in [0.29, 0.717) is 0 Å². The van der Waals surface area contributed by atoms with Crippen molar-refractivity contribution in [1.29, 1.82) is 0 Å². The lowest BCUT2D eigenvalue weighted by Gasteiger charge is -2.07. The van der Waals surface area contributed by atoms with Gasteiger partial charge in [0.1, 0.15) is 11.6 Å². The van der Waals surface area contributed by atoms with E-state index in [9.17, 15) is 13.6 Å². The molecule has 2 aromatic rings. The summed E-state index contributed by atoms with van der Waals surface area (Å²) in [7, 11) is 1.38. The third kappa shape index (κ3) is 2.37. The standard InChI is InChI=1S/C12H10F2N2O2/c1-18-11-5-6-16(12(17)15-11)7-8-9(13)3-2-4-10(8)14/h2-6H,7H2,1H3. The number of benzene rings is 1. The smallest absolute Gasteiger partial charge is 0.351 e. The summed E-state index contributed by atoms with van der Waals surface area (Å²) in [4.78, 5) is 15.1. The van der Waals surface area contributed by atoms with Crippen LogP contribution in [0.5, 0.6) is 5.88 Å². The van der Waals surface area contributed by atoms with E-state index in [0.717, 1.165) is 16.7 Å². The van der Waals surface area contributed by atoms with Crippen LogP contribution in [0.1, 0.15) is 5.56 Å². The van der Waals surface area contributed by atoms with Gasteiger partial charge in [0.15, 0.2) is 0 Å². The van der Waals surface area contributed by atoms with Crippen LogP contribution < -0.4 is 10.4 Å². The Morgan fingerprint density at radius 3 is 2.50 bits per heavy atom. The predicted octanol–water partition coefficient (Wildman–Crippen LogP) is 1.58. The SMILES string of the molecule is COc1ccn(Cc2c(F)cccc2F)c(=O)n1. The molecular weight excluding hydrogens is 242 g/mol. The Balaban J connectivity index is 2.38. The molecule has 0 N–H and O–H groups in total. The van der Waals surface area contributed by atoms with Crippen LogP contribution in [0.15, 0.2) is 35.3 Å². The molecule has 0 saturated heterocycles. The minimum Gasteiger partial charge on any atom is -0.481 e. The Labute approximate surface area is 101 Å². The topological polar surface area (TPSA) is 44.1 Å². The van der Waals surface area contributed by atoms with Gasteiger partial charge in [-0.1, -0.05) is 6.07 Å². The van der Waals surface area contributed by atoms with Crippen molar-refractivity contribution in [3.63, 3.8) is 0 Å². The molecule has 18 heavy (non-hydrogen) atoms. The van der Waals surface area contributed by atoms with E-state index in [-0.39, 0.29) is 18.0 Å². The van der Waals surface area contributed by atoms with Crippen molar-refractivity contribution in [2.75, 3.05) is 7.11 Å². The molecule has 94 valence electrons. The molecule has 2 rings (SSSR count). The van der Waals surface area contributed by atoms with E-state index in [1.807, 2.05) is 0 Å². The van der Waals surface area contributed by atoms with Gasteiger partial charge in [0, 0.05) is 17.8 Å². The van der Waals surface area contributed by atoms with Crippen molar-refractivity contribution in [1.82, 2.24) is 9.55 Å². The second-order valence-electron chi connectivity index (χ2n) is 3.58. The summed E-state index contributed by atoms with van der Waals surface area (Å²) in [5.74, 6) is -1.24. The normalized spacial score (nSPS) is 10.4. The summed E-state index contributed by atoms with van der Waals surface area (Å²) in [5, 5.41) is 0. The number of nitrogens with zero attached hydrogens (tertiary/aromatic N) is 2. The fourth-order valence-corrected chi connectivity index (χ4v) is 1.50. The van der Waals surface area contributed by atoms with Crippen molar-refractivity contribution in [2.45, 2.75) is 6.54 Å². The highest BCUT2D eigenvalue weighted by molar-refractivity contribution is 5.20. The zero-order chi connectivity index (χ0) is 13.1. The summed E-state index contributed by atoms with van der Waals surface area (Å²) in [6.45, 7) is -0.214. The monoisotopic (exact) mass is 252 g/mol. The van der Waals surface area contributed by atoms with Gasteiger partial charge < -0.3 is 4.74 Å². The average Bonchev–Trinajstić information content (AvgIpc) is 2.35. The first-order valence-electron chi connectivity index (χ1n) is 5.16. The fraction of sp³-hybridized carbons (Fsp3) is 0.167. The van der Waals surface area contributed by atoms with Crippen LogP contribution in [-0.4, -0.2) is 16.7 Å². The first kappa shape index (κ1) is 12.2. The van der Waals surface area contributed by atoms with Crippen molar-refractivity contribution in [3.8, 4) is 5.88 Å². The van der Waals surface area contributed by atoms with E-state index in [1.165, 1.54) is 25.4 Å². The van der Waals surface area contributed by atoms with Crippen LogP contribution in [0.25, 0.3) is 0 Å². The van der Waals surface area contributed by atoms with Crippen molar-refractivity contribution in [2.24, 2.45) is 0 Å². The molecule has 6 heteroatoms. The number of hydrogen-bond acceptors (Lipinski definition) is 3. The third-order valence-corrected chi connectivity index (χ3v) is 2.45. The Hall–Kier alpha value is -2.24. The second-order valence-corrected chi connectivity index (χ2v) is 3.58. The summed E-state index contributed by atoms with van der Waals surface area (Å²) < 4.78 is 32.7. The Morgan fingerprint density at radius 2 is 1.94 bits per heavy atom. The zero-order valence-corrected chi connectivity index (χ0v) is 9.56. The van der Waals surface area contributed by atoms with E-state index in [4.69, 9.17) is 4.74 Å². The number of rotatable bonds is 3. The van der Waals surface area contributed by atoms with E-state index in [1.54, 1.807) is 0 Å². The molecule has 4 nitrogen and oxygen atoms in total. The van der Waals surface area contributed by atoms with Crippen molar-refractivity contribution < 1.29 is 13.5 Å². The average molecular weight is 252 g/mol. The lowest BCUT2D eigenvalue weighted by Crippen LogP contribution is -2.23. The molecular formula is C12H10F2N2O2. The molecule has 0 aliphatic heterocycles. The second kappa shape index (κ2) is 4.95. The molecule has 0 fully saturated rings. The molecule has 0 atom stereocenters. The molecule has 0 saturated carbocycles. The first-order valence-corrected chi connectivity index (χ1v) is 5.16. The lowest BCUT2D eigenvalue weighted by molar-refractivity contribution is 0.392. The Bertz CT molecular complexity index is 605. The lowest BCUT2D eigenvalue weighted by atomic mass is 10.2. The van der Waals surface area contributed by atoms with Crippen molar-refractivity contribution in [3.05, 3.63) is 58.1 Å². The molecule has 0 spiro atoms.